The number of hydrogen-bond acceptors (Lipinski definition) is 2. The average Bonchev–Trinajstić information content (AvgIpc) is 1.79. The Balaban J connectivity index is 3.60. The maximum absolute atomic E-state index is 11.7. The molecule has 0 unspecified atom stereocenters. The molecule has 0 aromatic rings. The van der Waals surface area contributed by atoms with Crippen LogP contribution in [0.5, 0.6) is 0 Å². The smallest absolute Gasteiger partial charge is 0.393 e. The van der Waals surface area contributed by atoms with Crippen molar-refractivity contribution >= 4 is 17.2 Å². The summed E-state index contributed by atoms with van der Waals surface area (Å²) in [7, 11) is 1.38. The first-order valence-corrected chi connectivity index (χ1v) is 3.75. The minimum Gasteiger partial charge on any atom is -0.393 e. The van der Waals surface area contributed by atoms with Gasteiger partial charge in [-0.15, -0.1) is 0 Å². The Bertz CT molecular complexity index is 157. The molecular formula is C6H11F3N2S. The van der Waals surface area contributed by atoms with E-state index in [0.29, 0.717) is 6.42 Å². The zero-order valence-electron chi connectivity index (χ0n) is 6.69. The number of thiocarbonyl (C=S) groups is 1. The van der Waals surface area contributed by atoms with E-state index >= 15 is 0 Å². The van der Waals surface area contributed by atoms with E-state index in [1.165, 1.54) is 7.05 Å². The fourth-order valence-electron chi connectivity index (χ4n) is 0.686. The molecule has 0 saturated heterocycles. The van der Waals surface area contributed by atoms with E-state index in [2.05, 4.69) is 12.2 Å². The summed E-state index contributed by atoms with van der Waals surface area (Å²) < 4.78 is 35.2. The van der Waals surface area contributed by atoms with Gasteiger partial charge in [0, 0.05) is 13.0 Å². The second-order valence-electron chi connectivity index (χ2n) is 2.57. The lowest BCUT2D eigenvalue weighted by molar-refractivity contribution is -0.142. The molecule has 2 nitrogen and oxygen atoms in total. The quantitative estimate of drug-likeness (QED) is 0.690. The van der Waals surface area contributed by atoms with E-state index in [-0.39, 0.29) is 11.5 Å². The molecule has 0 aromatic heterocycles. The number of hydrogen-bond donors (Lipinski definition) is 1. The molecule has 0 bridgehead atoms. The van der Waals surface area contributed by atoms with Gasteiger partial charge in [-0.2, -0.15) is 13.2 Å². The molecular weight excluding hydrogens is 189 g/mol. The SMILES string of the molecule is CN(CCC(N)=S)CC(F)(F)F. The van der Waals surface area contributed by atoms with Crippen LogP contribution in [0, 0.1) is 0 Å². The summed E-state index contributed by atoms with van der Waals surface area (Å²) >= 11 is 4.53. The van der Waals surface area contributed by atoms with E-state index in [1.807, 2.05) is 0 Å². The Morgan fingerprint density at radius 2 is 2.00 bits per heavy atom. The maximum atomic E-state index is 11.7. The van der Waals surface area contributed by atoms with E-state index < -0.39 is 12.7 Å². The third-order valence-corrected chi connectivity index (χ3v) is 1.39. The van der Waals surface area contributed by atoms with Gasteiger partial charge in [-0.25, -0.2) is 0 Å². The van der Waals surface area contributed by atoms with Crippen LogP contribution < -0.4 is 5.73 Å². The lowest BCUT2D eigenvalue weighted by atomic mass is 10.4. The molecule has 0 atom stereocenters. The third kappa shape index (κ3) is 7.74. The van der Waals surface area contributed by atoms with Crippen LogP contribution in [0.4, 0.5) is 13.2 Å². The van der Waals surface area contributed by atoms with Gasteiger partial charge in [0.2, 0.25) is 0 Å². The predicted molar refractivity (Wildman–Crippen MR) is 45.0 cm³/mol. The normalized spacial score (nSPS) is 12.1. The van der Waals surface area contributed by atoms with E-state index in [9.17, 15) is 13.2 Å². The third-order valence-electron chi connectivity index (χ3n) is 1.19. The molecule has 0 spiro atoms. The number of halogens is 3. The topological polar surface area (TPSA) is 29.3 Å². The summed E-state index contributed by atoms with van der Waals surface area (Å²) in [5, 5.41) is 0. The van der Waals surface area contributed by atoms with Crippen molar-refractivity contribution in [1.29, 1.82) is 0 Å². The minimum atomic E-state index is -4.15. The largest absolute Gasteiger partial charge is 0.401 e. The summed E-state index contributed by atoms with van der Waals surface area (Å²) in [5.41, 5.74) is 5.13. The Morgan fingerprint density at radius 3 is 2.33 bits per heavy atom. The fourth-order valence-corrected chi connectivity index (χ4v) is 0.777. The average molecular weight is 200 g/mol. The Kier molecular flexibility index (Phi) is 4.47. The highest BCUT2D eigenvalue weighted by Crippen LogP contribution is 2.15. The van der Waals surface area contributed by atoms with Crippen LogP contribution in [0.1, 0.15) is 6.42 Å². The van der Waals surface area contributed by atoms with Gasteiger partial charge < -0.3 is 5.73 Å². The van der Waals surface area contributed by atoms with Crippen LogP contribution in [-0.4, -0.2) is 36.2 Å². The number of alkyl halides is 3. The molecule has 6 heteroatoms. The highest BCUT2D eigenvalue weighted by molar-refractivity contribution is 7.80. The summed E-state index contributed by atoms with van der Waals surface area (Å²) in [6, 6.07) is 0. The first-order valence-electron chi connectivity index (χ1n) is 3.35. The van der Waals surface area contributed by atoms with Crippen molar-refractivity contribution < 1.29 is 13.2 Å². The zero-order valence-corrected chi connectivity index (χ0v) is 7.50. The van der Waals surface area contributed by atoms with E-state index in [0.717, 1.165) is 4.90 Å². The standard InChI is InChI=1S/C6H11F3N2S/c1-11(3-2-5(10)12)4-6(7,8)9/h2-4H2,1H3,(H2,10,12). The highest BCUT2D eigenvalue weighted by atomic mass is 32.1. The Labute approximate surface area is 74.5 Å². The van der Waals surface area contributed by atoms with Crippen LogP contribution >= 0.6 is 12.2 Å². The van der Waals surface area contributed by atoms with Gasteiger partial charge in [0.05, 0.1) is 11.5 Å². The van der Waals surface area contributed by atoms with Crippen LogP contribution in [0.25, 0.3) is 0 Å². The van der Waals surface area contributed by atoms with Gasteiger partial charge in [-0.3, -0.25) is 4.90 Å². The summed E-state index contributed by atoms with van der Waals surface area (Å²) in [6.45, 7) is -0.676. The van der Waals surface area contributed by atoms with Gasteiger partial charge in [-0.05, 0) is 7.05 Å². The lowest BCUT2D eigenvalue weighted by Crippen LogP contribution is -2.33. The van der Waals surface area contributed by atoms with Crippen LogP contribution in [0.2, 0.25) is 0 Å². The maximum Gasteiger partial charge on any atom is 0.401 e. The van der Waals surface area contributed by atoms with Crippen LogP contribution in [-0.2, 0) is 0 Å². The van der Waals surface area contributed by atoms with Crippen molar-refractivity contribution in [3.05, 3.63) is 0 Å². The van der Waals surface area contributed by atoms with E-state index in [4.69, 9.17) is 5.73 Å². The molecule has 0 fully saturated rings. The lowest BCUT2D eigenvalue weighted by Gasteiger charge is -2.17. The summed E-state index contributed by atoms with van der Waals surface area (Å²) in [5.74, 6) is 0. The van der Waals surface area contributed by atoms with Crippen molar-refractivity contribution in [3.63, 3.8) is 0 Å². The van der Waals surface area contributed by atoms with Gasteiger partial charge in [0.25, 0.3) is 0 Å². The molecule has 0 aromatic carbocycles. The van der Waals surface area contributed by atoms with Crippen molar-refractivity contribution in [2.24, 2.45) is 5.73 Å². The predicted octanol–water partition coefficient (Wildman–Crippen LogP) is 1.16. The highest BCUT2D eigenvalue weighted by Gasteiger charge is 2.28. The Hall–Kier alpha value is -0.360. The van der Waals surface area contributed by atoms with Crippen molar-refractivity contribution in [1.82, 2.24) is 4.90 Å². The van der Waals surface area contributed by atoms with Crippen LogP contribution in [0.15, 0.2) is 0 Å². The van der Waals surface area contributed by atoms with Crippen molar-refractivity contribution in [3.8, 4) is 0 Å². The first-order chi connectivity index (χ1) is 5.31. The molecule has 2 N–H and O–H groups in total. The summed E-state index contributed by atoms with van der Waals surface area (Å²) in [4.78, 5) is 1.38. The van der Waals surface area contributed by atoms with Crippen molar-refractivity contribution in [2.75, 3.05) is 20.1 Å². The number of nitrogens with zero attached hydrogens (tertiary/aromatic N) is 1. The zero-order chi connectivity index (χ0) is 9.78. The minimum absolute atomic E-state index is 0.240. The van der Waals surface area contributed by atoms with Crippen molar-refractivity contribution in [2.45, 2.75) is 12.6 Å². The van der Waals surface area contributed by atoms with Gasteiger partial charge in [0.1, 0.15) is 0 Å². The molecule has 12 heavy (non-hydrogen) atoms. The summed E-state index contributed by atoms with van der Waals surface area (Å²) in [6.07, 6.45) is -3.83. The first kappa shape index (κ1) is 11.6. The molecule has 0 amide bonds. The molecule has 0 aliphatic heterocycles. The Morgan fingerprint density at radius 1 is 1.50 bits per heavy atom. The van der Waals surface area contributed by atoms with E-state index in [1.54, 1.807) is 0 Å². The molecule has 0 heterocycles. The molecule has 0 saturated carbocycles. The number of nitrogens with two attached hydrogens (primary N) is 1. The second kappa shape index (κ2) is 4.61. The molecule has 0 radical (unpaired) electrons. The van der Waals surface area contributed by atoms with Crippen LogP contribution in [0.3, 0.4) is 0 Å². The number of rotatable bonds is 4. The fraction of sp³-hybridized carbons (Fsp3) is 0.833. The molecule has 0 aliphatic carbocycles. The van der Waals surface area contributed by atoms with Gasteiger partial charge >= 0.3 is 6.18 Å². The molecule has 72 valence electrons. The van der Waals surface area contributed by atoms with Gasteiger partial charge in [-0.1, -0.05) is 12.2 Å². The monoisotopic (exact) mass is 200 g/mol. The van der Waals surface area contributed by atoms with Gasteiger partial charge in [0.15, 0.2) is 0 Å². The molecule has 0 rings (SSSR count). The molecule has 0 aliphatic rings. The second-order valence-corrected chi connectivity index (χ2v) is 3.09.